The lowest BCUT2D eigenvalue weighted by Crippen LogP contribution is -2.55. The summed E-state index contributed by atoms with van der Waals surface area (Å²) in [7, 11) is 1.65. The zero-order chi connectivity index (χ0) is 17.9. The van der Waals surface area contributed by atoms with Crippen molar-refractivity contribution >= 4 is 11.8 Å². The van der Waals surface area contributed by atoms with Crippen LogP contribution in [0.5, 0.6) is 5.75 Å². The summed E-state index contributed by atoms with van der Waals surface area (Å²) in [6.07, 6.45) is 3.97. The number of rotatable bonds is 5. The van der Waals surface area contributed by atoms with Crippen LogP contribution in [0.25, 0.3) is 0 Å². The third kappa shape index (κ3) is 3.63. The molecular formula is C19H27N3O3. The van der Waals surface area contributed by atoms with Gasteiger partial charge in [-0.25, -0.2) is 0 Å². The maximum absolute atomic E-state index is 13.4. The van der Waals surface area contributed by atoms with Gasteiger partial charge < -0.3 is 15.4 Å². The van der Waals surface area contributed by atoms with Crippen molar-refractivity contribution in [3.8, 4) is 5.75 Å². The predicted octanol–water partition coefficient (Wildman–Crippen LogP) is 1.14. The van der Waals surface area contributed by atoms with Crippen LogP contribution in [0.2, 0.25) is 0 Å². The van der Waals surface area contributed by atoms with Crippen molar-refractivity contribution in [3.05, 3.63) is 29.8 Å². The second-order valence-electron chi connectivity index (χ2n) is 7.05. The predicted molar refractivity (Wildman–Crippen MR) is 95.4 cm³/mol. The van der Waals surface area contributed by atoms with Gasteiger partial charge in [0.2, 0.25) is 11.8 Å². The van der Waals surface area contributed by atoms with Gasteiger partial charge in [0.1, 0.15) is 5.75 Å². The van der Waals surface area contributed by atoms with E-state index in [1.54, 1.807) is 7.11 Å². The summed E-state index contributed by atoms with van der Waals surface area (Å²) < 4.78 is 5.25. The standard InChI is InChI=1S/C19H27N3O3/c1-25-16-6-4-15(5-7-16)19(8-2-3-9-19)18(24)22-12-10-21(11-13-22)14-17(20)23/h4-7H,2-3,8-14H2,1H3,(H2,20,23). The molecule has 1 aliphatic heterocycles. The molecule has 2 N–H and O–H groups in total. The van der Waals surface area contributed by atoms with Gasteiger partial charge in [0.25, 0.3) is 0 Å². The zero-order valence-electron chi connectivity index (χ0n) is 14.9. The van der Waals surface area contributed by atoms with Gasteiger partial charge in [-0.3, -0.25) is 14.5 Å². The summed E-state index contributed by atoms with van der Waals surface area (Å²) in [6, 6.07) is 7.94. The molecular weight excluding hydrogens is 318 g/mol. The number of benzene rings is 1. The fourth-order valence-electron chi connectivity index (χ4n) is 4.15. The molecule has 1 saturated heterocycles. The third-order valence-corrected chi connectivity index (χ3v) is 5.55. The first-order valence-corrected chi connectivity index (χ1v) is 9.00. The van der Waals surface area contributed by atoms with E-state index in [1.165, 1.54) is 0 Å². The van der Waals surface area contributed by atoms with Gasteiger partial charge in [-0.1, -0.05) is 25.0 Å². The largest absolute Gasteiger partial charge is 0.497 e. The lowest BCUT2D eigenvalue weighted by molar-refractivity contribution is -0.139. The van der Waals surface area contributed by atoms with Crippen LogP contribution >= 0.6 is 0 Å². The van der Waals surface area contributed by atoms with E-state index in [-0.39, 0.29) is 18.4 Å². The summed E-state index contributed by atoms with van der Waals surface area (Å²) in [6.45, 7) is 2.99. The number of hydrogen-bond donors (Lipinski definition) is 1. The van der Waals surface area contributed by atoms with E-state index in [9.17, 15) is 9.59 Å². The number of amides is 2. The molecule has 6 nitrogen and oxygen atoms in total. The minimum absolute atomic E-state index is 0.230. The van der Waals surface area contributed by atoms with Crippen molar-refractivity contribution < 1.29 is 14.3 Å². The number of nitrogens with zero attached hydrogens (tertiary/aromatic N) is 2. The van der Waals surface area contributed by atoms with Crippen molar-refractivity contribution in [2.75, 3.05) is 39.8 Å². The molecule has 1 aliphatic carbocycles. The Kier molecular flexibility index (Phi) is 5.27. The molecule has 0 bridgehead atoms. The van der Waals surface area contributed by atoms with Gasteiger partial charge in [-0.15, -0.1) is 0 Å². The number of methoxy groups -OCH3 is 1. The molecule has 6 heteroatoms. The number of ether oxygens (including phenoxy) is 1. The molecule has 1 aromatic rings. The highest BCUT2D eigenvalue weighted by Crippen LogP contribution is 2.43. The van der Waals surface area contributed by atoms with Crippen molar-refractivity contribution in [1.29, 1.82) is 0 Å². The number of primary amides is 1. The molecule has 2 aliphatic rings. The van der Waals surface area contributed by atoms with Crippen LogP contribution in [-0.2, 0) is 15.0 Å². The first-order valence-electron chi connectivity index (χ1n) is 9.00. The zero-order valence-corrected chi connectivity index (χ0v) is 14.9. The van der Waals surface area contributed by atoms with Gasteiger partial charge in [0, 0.05) is 26.2 Å². The first-order chi connectivity index (χ1) is 12.0. The molecule has 1 aromatic carbocycles. The Morgan fingerprint density at radius 1 is 1.08 bits per heavy atom. The summed E-state index contributed by atoms with van der Waals surface area (Å²) in [4.78, 5) is 28.4. The molecule has 136 valence electrons. The second-order valence-corrected chi connectivity index (χ2v) is 7.05. The van der Waals surface area contributed by atoms with Gasteiger partial charge in [-0.2, -0.15) is 0 Å². The topological polar surface area (TPSA) is 75.9 Å². The molecule has 0 unspecified atom stereocenters. The number of carbonyl (C=O) groups is 2. The number of hydrogen-bond acceptors (Lipinski definition) is 4. The quantitative estimate of drug-likeness (QED) is 0.868. The number of piperazine rings is 1. The van der Waals surface area contributed by atoms with Crippen LogP contribution < -0.4 is 10.5 Å². The van der Waals surface area contributed by atoms with Crippen molar-refractivity contribution in [1.82, 2.24) is 9.80 Å². The Balaban J connectivity index is 1.74. The molecule has 25 heavy (non-hydrogen) atoms. The van der Waals surface area contributed by atoms with Crippen molar-refractivity contribution in [2.24, 2.45) is 5.73 Å². The monoisotopic (exact) mass is 345 g/mol. The first kappa shape index (κ1) is 17.7. The fourth-order valence-corrected chi connectivity index (χ4v) is 4.15. The van der Waals surface area contributed by atoms with E-state index in [2.05, 4.69) is 0 Å². The van der Waals surface area contributed by atoms with Crippen LogP contribution in [0.4, 0.5) is 0 Å². The normalized spacial score (nSPS) is 20.4. The molecule has 0 atom stereocenters. The summed E-state index contributed by atoms with van der Waals surface area (Å²) in [5.41, 5.74) is 5.95. The minimum Gasteiger partial charge on any atom is -0.497 e. The lowest BCUT2D eigenvalue weighted by Gasteiger charge is -2.39. The third-order valence-electron chi connectivity index (χ3n) is 5.55. The Hall–Kier alpha value is -2.08. The SMILES string of the molecule is COc1ccc(C2(C(=O)N3CCN(CC(N)=O)CC3)CCCC2)cc1. The van der Waals surface area contributed by atoms with Gasteiger partial charge in [0.05, 0.1) is 19.1 Å². The maximum atomic E-state index is 13.4. The average Bonchev–Trinajstić information content (AvgIpc) is 3.12. The van der Waals surface area contributed by atoms with E-state index in [0.29, 0.717) is 26.2 Å². The Morgan fingerprint density at radius 2 is 1.68 bits per heavy atom. The maximum Gasteiger partial charge on any atom is 0.233 e. The molecule has 3 rings (SSSR count). The van der Waals surface area contributed by atoms with Crippen molar-refractivity contribution in [2.45, 2.75) is 31.1 Å². The molecule has 1 saturated carbocycles. The molecule has 0 aromatic heterocycles. The highest BCUT2D eigenvalue weighted by molar-refractivity contribution is 5.89. The minimum atomic E-state index is -0.405. The van der Waals surface area contributed by atoms with E-state index >= 15 is 0 Å². The van der Waals surface area contributed by atoms with E-state index in [1.807, 2.05) is 34.1 Å². The molecule has 0 spiro atoms. The molecule has 0 radical (unpaired) electrons. The molecule has 2 amide bonds. The van der Waals surface area contributed by atoms with E-state index < -0.39 is 5.41 Å². The summed E-state index contributed by atoms with van der Waals surface area (Å²) in [5.74, 6) is 0.726. The Labute approximate surface area is 148 Å². The van der Waals surface area contributed by atoms with E-state index in [0.717, 1.165) is 37.0 Å². The van der Waals surface area contributed by atoms with Crippen molar-refractivity contribution in [3.63, 3.8) is 0 Å². The average molecular weight is 345 g/mol. The Bertz CT molecular complexity index is 615. The van der Waals surface area contributed by atoms with Crippen LogP contribution in [-0.4, -0.2) is 61.4 Å². The lowest BCUT2D eigenvalue weighted by atomic mass is 9.77. The van der Waals surface area contributed by atoms with E-state index in [4.69, 9.17) is 10.5 Å². The highest BCUT2D eigenvalue weighted by atomic mass is 16.5. The van der Waals surface area contributed by atoms with Gasteiger partial charge >= 0.3 is 0 Å². The van der Waals surface area contributed by atoms with Gasteiger partial charge in [0.15, 0.2) is 0 Å². The summed E-state index contributed by atoms with van der Waals surface area (Å²) >= 11 is 0. The summed E-state index contributed by atoms with van der Waals surface area (Å²) in [5, 5.41) is 0. The smallest absolute Gasteiger partial charge is 0.233 e. The fraction of sp³-hybridized carbons (Fsp3) is 0.579. The number of carbonyl (C=O) groups excluding carboxylic acids is 2. The van der Waals surface area contributed by atoms with Crippen LogP contribution in [0.3, 0.4) is 0 Å². The second kappa shape index (κ2) is 7.44. The van der Waals surface area contributed by atoms with Crippen LogP contribution in [0, 0.1) is 0 Å². The van der Waals surface area contributed by atoms with Gasteiger partial charge in [-0.05, 0) is 30.5 Å². The van der Waals surface area contributed by atoms with Crippen LogP contribution in [0.15, 0.2) is 24.3 Å². The Morgan fingerprint density at radius 3 is 2.20 bits per heavy atom. The molecule has 2 fully saturated rings. The van der Waals surface area contributed by atoms with Crippen LogP contribution in [0.1, 0.15) is 31.2 Å². The number of nitrogens with two attached hydrogens (primary N) is 1. The molecule has 1 heterocycles. The highest BCUT2D eigenvalue weighted by Gasteiger charge is 2.45.